The molecule has 8 nitrogen and oxygen atoms in total. The van der Waals surface area contributed by atoms with E-state index >= 15 is 0 Å². The third-order valence-electron chi connectivity index (χ3n) is 5.98. The zero-order chi connectivity index (χ0) is 25.0. The van der Waals surface area contributed by atoms with Crippen molar-refractivity contribution < 1.29 is 29.0 Å². The van der Waals surface area contributed by atoms with E-state index in [0.717, 1.165) is 25.7 Å². The summed E-state index contributed by atoms with van der Waals surface area (Å²) in [4.78, 5) is 37.4. The second-order valence-corrected chi connectivity index (χ2v) is 8.92. The number of unbranched alkanes of at least 4 members (excludes halogenated alkanes) is 1. The highest BCUT2D eigenvalue weighted by Crippen LogP contribution is 2.27. The predicted molar refractivity (Wildman–Crippen MR) is 132 cm³/mol. The highest BCUT2D eigenvalue weighted by molar-refractivity contribution is 5.86. The van der Waals surface area contributed by atoms with Gasteiger partial charge < -0.3 is 25.2 Å². The molecule has 8 heteroatoms. The quantitative estimate of drug-likeness (QED) is 0.149. The van der Waals surface area contributed by atoms with E-state index in [-0.39, 0.29) is 50.1 Å². The molecule has 0 radical (unpaired) electrons. The molecule has 0 heterocycles. The van der Waals surface area contributed by atoms with Gasteiger partial charge in [-0.25, -0.2) is 0 Å². The van der Waals surface area contributed by atoms with Crippen LogP contribution in [0.15, 0.2) is 25.3 Å². The number of esters is 1. The fraction of sp³-hybridized carbons (Fsp3) is 0.731. The van der Waals surface area contributed by atoms with Gasteiger partial charge in [-0.05, 0) is 31.6 Å². The lowest BCUT2D eigenvalue weighted by Crippen LogP contribution is -2.44. The summed E-state index contributed by atoms with van der Waals surface area (Å²) in [5.74, 6) is -0.788. The first-order valence-corrected chi connectivity index (χ1v) is 12.6. The predicted octanol–water partition coefficient (Wildman–Crippen LogP) is 3.05. The Morgan fingerprint density at radius 3 is 2.53 bits per heavy atom. The lowest BCUT2D eigenvalue weighted by atomic mass is 9.84. The number of carbonyl (C=O) groups excluding carboxylic acids is 3. The third-order valence-corrected chi connectivity index (χ3v) is 5.98. The van der Waals surface area contributed by atoms with E-state index in [1.165, 1.54) is 19.3 Å². The summed E-state index contributed by atoms with van der Waals surface area (Å²) in [5.41, 5.74) is 0. The number of aliphatic hydroxyl groups is 1. The molecule has 1 fully saturated rings. The van der Waals surface area contributed by atoms with Crippen molar-refractivity contribution in [1.29, 1.82) is 0 Å². The van der Waals surface area contributed by atoms with Crippen molar-refractivity contribution in [3.8, 4) is 0 Å². The van der Waals surface area contributed by atoms with Crippen molar-refractivity contribution in [3.05, 3.63) is 25.3 Å². The van der Waals surface area contributed by atoms with Crippen molar-refractivity contribution in [2.24, 2.45) is 11.8 Å². The average Bonchev–Trinajstić information content (AvgIpc) is 2.83. The van der Waals surface area contributed by atoms with Crippen LogP contribution in [-0.4, -0.2) is 61.9 Å². The minimum atomic E-state index is -0.548. The minimum absolute atomic E-state index is 0.0370. The lowest BCUT2D eigenvalue weighted by Gasteiger charge is -2.28. The van der Waals surface area contributed by atoms with Crippen LogP contribution in [0, 0.1) is 11.8 Å². The monoisotopic (exact) mass is 480 g/mol. The van der Waals surface area contributed by atoms with Crippen LogP contribution in [0.25, 0.3) is 0 Å². The highest BCUT2D eigenvalue weighted by atomic mass is 16.5. The molecular formula is C26H44N2O6. The number of rotatable bonds is 19. The zero-order valence-corrected chi connectivity index (χ0v) is 20.6. The van der Waals surface area contributed by atoms with Gasteiger partial charge in [0.2, 0.25) is 11.8 Å². The molecule has 1 aliphatic carbocycles. The number of hydrogen-bond acceptors (Lipinski definition) is 6. The Morgan fingerprint density at radius 1 is 1.09 bits per heavy atom. The summed E-state index contributed by atoms with van der Waals surface area (Å²) >= 11 is 0. The number of aliphatic hydroxyl groups excluding tert-OH is 1. The molecule has 0 spiro atoms. The van der Waals surface area contributed by atoms with Gasteiger partial charge in [0.15, 0.2) is 0 Å². The van der Waals surface area contributed by atoms with Gasteiger partial charge in [0, 0.05) is 19.4 Å². The molecule has 194 valence electrons. The van der Waals surface area contributed by atoms with Crippen LogP contribution in [0.5, 0.6) is 0 Å². The van der Waals surface area contributed by atoms with Crippen molar-refractivity contribution in [2.45, 2.75) is 76.7 Å². The maximum atomic E-state index is 13.0. The summed E-state index contributed by atoms with van der Waals surface area (Å²) in [7, 11) is 0. The van der Waals surface area contributed by atoms with Crippen molar-refractivity contribution >= 4 is 17.8 Å². The molecule has 34 heavy (non-hydrogen) atoms. The maximum absolute atomic E-state index is 13.0. The molecule has 0 aliphatic heterocycles. The van der Waals surface area contributed by atoms with Crippen molar-refractivity contribution in [3.63, 3.8) is 0 Å². The summed E-state index contributed by atoms with van der Waals surface area (Å²) < 4.78 is 10.6. The summed E-state index contributed by atoms with van der Waals surface area (Å²) in [5, 5.41) is 14.5. The topological polar surface area (TPSA) is 114 Å². The van der Waals surface area contributed by atoms with Gasteiger partial charge >= 0.3 is 5.97 Å². The maximum Gasteiger partial charge on any atom is 0.305 e. The van der Waals surface area contributed by atoms with E-state index in [1.807, 2.05) is 0 Å². The van der Waals surface area contributed by atoms with Crippen LogP contribution in [-0.2, 0) is 23.9 Å². The van der Waals surface area contributed by atoms with Crippen LogP contribution in [0.2, 0.25) is 0 Å². The van der Waals surface area contributed by atoms with Crippen molar-refractivity contribution in [1.82, 2.24) is 10.6 Å². The molecule has 0 aromatic heterocycles. The molecule has 1 rings (SSSR count). The van der Waals surface area contributed by atoms with E-state index in [0.29, 0.717) is 38.3 Å². The van der Waals surface area contributed by atoms with Crippen LogP contribution >= 0.6 is 0 Å². The largest absolute Gasteiger partial charge is 0.463 e. The van der Waals surface area contributed by atoms with Crippen LogP contribution < -0.4 is 10.6 Å². The van der Waals surface area contributed by atoms with Gasteiger partial charge in [0.05, 0.1) is 31.8 Å². The van der Waals surface area contributed by atoms with E-state index in [4.69, 9.17) is 14.6 Å². The Kier molecular flexibility index (Phi) is 16.8. The van der Waals surface area contributed by atoms with Crippen molar-refractivity contribution in [2.75, 3.05) is 33.0 Å². The van der Waals surface area contributed by atoms with E-state index in [9.17, 15) is 14.4 Å². The van der Waals surface area contributed by atoms with Gasteiger partial charge in [-0.15, -0.1) is 13.2 Å². The first kappa shape index (κ1) is 29.8. The molecular weight excluding hydrogens is 436 g/mol. The Hall–Kier alpha value is -2.19. The molecule has 3 N–H and O–H groups in total. The van der Waals surface area contributed by atoms with Gasteiger partial charge in [-0.3, -0.25) is 14.4 Å². The number of carbonyl (C=O) groups is 3. The Labute approximate surface area is 204 Å². The standard InChI is InChI=1S/C26H44N2O6/c1-3-5-7-13-25(31)34-20-23(18-21-11-8-6-9-12-21)28-26(32)22(10-4-2)19-24(30)27-14-16-33-17-15-29/h3-4,21-23,29H,1-2,5-20H2,(H,27,30)(H,28,32). The summed E-state index contributed by atoms with van der Waals surface area (Å²) in [6.07, 6.45) is 12.2. The number of hydrogen-bond donors (Lipinski definition) is 3. The molecule has 0 saturated heterocycles. The molecule has 2 amide bonds. The molecule has 2 unspecified atom stereocenters. The van der Waals surface area contributed by atoms with Gasteiger partial charge in [-0.2, -0.15) is 0 Å². The molecule has 2 atom stereocenters. The third kappa shape index (κ3) is 14.2. The normalized spacial score (nSPS) is 15.7. The van der Waals surface area contributed by atoms with E-state index < -0.39 is 5.92 Å². The fourth-order valence-electron chi connectivity index (χ4n) is 4.18. The SMILES string of the molecule is C=CCCCC(=O)OCC(CC1CCCCC1)NC(=O)C(CC=C)CC(=O)NCCOCCO. The Bertz CT molecular complexity index is 618. The van der Waals surface area contributed by atoms with E-state index in [1.54, 1.807) is 12.2 Å². The van der Waals surface area contributed by atoms with Crippen LogP contribution in [0.4, 0.5) is 0 Å². The molecule has 1 aliphatic rings. The molecule has 0 aromatic rings. The Morgan fingerprint density at radius 2 is 1.85 bits per heavy atom. The average molecular weight is 481 g/mol. The van der Waals surface area contributed by atoms with E-state index in [2.05, 4.69) is 23.8 Å². The van der Waals surface area contributed by atoms with Crippen LogP contribution in [0.3, 0.4) is 0 Å². The number of allylic oxidation sites excluding steroid dienone is 2. The second kappa shape index (κ2) is 19.2. The molecule has 0 aromatic carbocycles. The molecule has 1 saturated carbocycles. The first-order chi connectivity index (χ1) is 16.5. The summed E-state index contributed by atoms with van der Waals surface area (Å²) in [6, 6.07) is -0.277. The zero-order valence-electron chi connectivity index (χ0n) is 20.6. The Balaban J connectivity index is 2.63. The van der Waals surface area contributed by atoms with Gasteiger partial charge in [-0.1, -0.05) is 44.3 Å². The molecule has 0 bridgehead atoms. The lowest BCUT2D eigenvalue weighted by molar-refractivity contribution is -0.145. The van der Waals surface area contributed by atoms with Crippen LogP contribution in [0.1, 0.15) is 70.6 Å². The summed E-state index contributed by atoms with van der Waals surface area (Å²) in [6.45, 7) is 8.29. The second-order valence-electron chi connectivity index (χ2n) is 8.92. The minimum Gasteiger partial charge on any atom is -0.463 e. The first-order valence-electron chi connectivity index (χ1n) is 12.6. The highest BCUT2D eigenvalue weighted by Gasteiger charge is 2.26. The number of ether oxygens (including phenoxy) is 2. The number of amides is 2. The smallest absolute Gasteiger partial charge is 0.305 e. The van der Waals surface area contributed by atoms with Gasteiger partial charge in [0.25, 0.3) is 0 Å². The van der Waals surface area contributed by atoms with Gasteiger partial charge in [0.1, 0.15) is 6.61 Å². The fourth-order valence-corrected chi connectivity index (χ4v) is 4.18. The number of nitrogens with one attached hydrogen (secondary N) is 2.